The lowest BCUT2D eigenvalue weighted by molar-refractivity contribution is 0.167. The Balaban J connectivity index is 1.96. The molecule has 0 radical (unpaired) electrons. The number of aliphatic hydroxyl groups is 1. The van der Waals surface area contributed by atoms with E-state index in [0.29, 0.717) is 0 Å². The predicted octanol–water partition coefficient (Wildman–Crippen LogP) is 3.67. The van der Waals surface area contributed by atoms with E-state index >= 15 is 0 Å². The van der Waals surface area contributed by atoms with Crippen LogP contribution in [0, 0.1) is 6.92 Å². The van der Waals surface area contributed by atoms with Crippen LogP contribution < -0.4 is 4.74 Å². The molecule has 2 rings (SSSR count). The van der Waals surface area contributed by atoms with E-state index in [1.54, 1.807) is 7.11 Å². The van der Waals surface area contributed by atoms with Gasteiger partial charge >= 0.3 is 0 Å². The van der Waals surface area contributed by atoms with Crippen molar-refractivity contribution >= 4 is 0 Å². The third-order valence-corrected chi connectivity index (χ3v) is 3.41. The standard InChI is InChI=1S/C17H20O2/c1-13-5-3-4-6-16(13)17(18)12-9-14-7-10-15(19-2)11-8-14/h3-8,10-11,17-18H,9,12H2,1-2H3. The lowest BCUT2D eigenvalue weighted by atomic mass is 9.98. The van der Waals surface area contributed by atoms with Crippen LogP contribution >= 0.6 is 0 Å². The summed E-state index contributed by atoms with van der Waals surface area (Å²) in [5.74, 6) is 0.864. The van der Waals surface area contributed by atoms with Crippen molar-refractivity contribution in [3.63, 3.8) is 0 Å². The van der Waals surface area contributed by atoms with Gasteiger partial charge in [0.2, 0.25) is 0 Å². The second-order valence-electron chi connectivity index (χ2n) is 4.76. The van der Waals surface area contributed by atoms with Gasteiger partial charge < -0.3 is 9.84 Å². The number of hydrogen-bond donors (Lipinski definition) is 1. The van der Waals surface area contributed by atoms with Gasteiger partial charge in [-0.25, -0.2) is 0 Å². The minimum Gasteiger partial charge on any atom is -0.497 e. The van der Waals surface area contributed by atoms with Crippen molar-refractivity contribution in [3.05, 3.63) is 65.2 Å². The second-order valence-corrected chi connectivity index (χ2v) is 4.76. The first-order chi connectivity index (χ1) is 9.20. The van der Waals surface area contributed by atoms with Gasteiger partial charge in [-0.2, -0.15) is 0 Å². The van der Waals surface area contributed by atoms with Gasteiger partial charge in [0.15, 0.2) is 0 Å². The molecular weight excluding hydrogens is 236 g/mol. The van der Waals surface area contributed by atoms with Crippen molar-refractivity contribution in [2.24, 2.45) is 0 Å². The summed E-state index contributed by atoms with van der Waals surface area (Å²) in [6.45, 7) is 2.03. The van der Waals surface area contributed by atoms with Gasteiger partial charge in [-0.1, -0.05) is 36.4 Å². The van der Waals surface area contributed by atoms with Gasteiger partial charge in [-0.3, -0.25) is 0 Å². The number of ether oxygens (including phenoxy) is 1. The second kappa shape index (κ2) is 6.39. The molecule has 2 heteroatoms. The van der Waals surface area contributed by atoms with Crippen molar-refractivity contribution in [2.45, 2.75) is 25.9 Å². The van der Waals surface area contributed by atoms with Crippen molar-refractivity contribution < 1.29 is 9.84 Å². The first-order valence-corrected chi connectivity index (χ1v) is 6.57. The van der Waals surface area contributed by atoms with Crippen LogP contribution in [0.5, 0.6) is 5.75 Å². The fourth-order valence-corrected chi connectivity index (χ4v) is 2.21. The average Bonchev–Trinajstić information content (AvgIpc) is 2.46. The van der Waals surface area contributed by atoms with Gasteiger partial charge in [0.1, 0.15) is 5.75 Å². The first-order valence-electron chi connectivity index (χ1n) is 6.57. The molecule has 1 unspecified atom stereocenters. The van der Waals surface area contributed by atoms with Crippen LogP contribution in [0.2, 0.25) is 0 Å². The van der Waals surface area contributed by atoms with Gasteiger partial charge in [0, 0.05) is 0 Å². The summed E-state index contributed by atoms with van der Waals surface area (Å²) in [5, 5.41) is 10.2. The molecule has 1 N–H and O–H groups in total. The smallest absolute Gasteiger partial charge is 0.118 e. The first kappa shape index (κ1) is 13.6. The summed E-state index contributed by atoms with van der Waals surface area (Å²) in [5.41, 5.74) is 3.38. The van der Waals surface area contributed by atoms with Crippen LogP contribution in [0.1, 0.15) is 29.2 Å². The number of methoxy groups -OCH3 is 1. The molecule has 19 heavy (non-hydrogen) atoms. The molecule has 0 heterocycles. The summed E-state index contributed by atoms with van der Waals surface area (Å²) in [4.78, 5) is 0. The largest absolute Gasteiger partial charge is 0.497 e. The molecule has 0 fully saturated rings. The van der Waals surface area contributed by atoms with Crippen LogP contribution in [0.3, 0.4) is 0 Å². The molecule has 2 aromatic rings. The zero-order valence-electron chi connectivity index (χ0n) is 11.5. The Labute approximate surface area is 114 Å². The molecule has 0 amide bonds. The molecule has 2 aromatic carbocycles. The monoisotopic (exact) mass is 256 g/mol. The van der Waals surface area contributed by atoms with Crippen LogP contribution in [-0.4, -0.2) is 12.2 Å². The fraction of sp³-hybridized carbons (Fsp3) is 0.294. The normalized spacial score (nSPS) is 12.2. The topological polar surface area (TPSA) is 29.5 Å². The third-order valence-electron chi connectivity index (χ3n) is 3.41. The number of hydrogen-bond acceptors (Lipinski definition) is 2. The highest BCUT2D eigenvalue weighted by Gasteiger charge is 2.09. The molecule has 2 nitrogen and oxygen atoms in total. The van der Waals surface area contributed by atoms with Crippen molar-refractivity contribution in [2.75, 3.05) is 7.11 Å². The van der Waals surface area contributed by atoms with E-state index in [2.05, 4.69) is 0 Å². The molecular formula is C17H20O2. The Kier molecular flexibility index (Phi) is 4.58. The lowest BCUT2D eigenvalue weighted by Crippen LogP contribution is -2.01. The quantitative estimate of drug-likeness (QED) is 0.884. The van der Waals surface area contributed by atoms with Gasteiger partial charge in [-0.15, -0.1) is 0 Å². The molecule has 0 aliphatic rings. The SMILES string of the molecule is COc1ccc(CCC(O)c2ccccc2C)cc1. The van der Waals surface area contributed by atoms with Gasteiger partial charge in [-0.05, 0) is 48.6 Å². The maximum atomic E-state index is 10.2. The summed E-state index contributed by atoms with van der Waals surface area (Å²) in [6, 6.07) is 16.0. The van der Waals surface area contributed by atoms with Gasteiger partial charge in [0.25, 0.3) is 0 Å². The minimum absolute atomic E-state index is 0.400. The molecule has 0 saturated carbocycles. The minimum atomic E-state index is -0.400. The zero-order chi connectivity index (χ0) is 13.7. The summed E-state index contributed by atoms with van der Waals surface area (Å²) in [7, 11) is 1.66. The van der Waals surface area contributed by atoms with Crippen LogP contribution in [0.15, 0.2) is 48.5 Å². The van der Waals surface area contributed by atoms with Crippen molar-refractivity contribution in [1.82, 2.24) is 0 Å². The van der Waals surface area contributed by atoms with E-state index in [1.165, 1.54) is 5.56 Å². The zero-order valence-corrected chi connectivity index (χ0v) is 11.5. The van der Waals surface area contributed by atoms with Crippen LogP contribution in [-0.2, 0) is 6.42 Å². The van der Waals surface area contributed by atoms with Crippen LogP contribution in [0.25, 0.3) is 0 Å². The number of aliphatic hydroxyl groups excluding tert-OH is 1. The summed E-state index contributed by atoms with van der Waals surface area (Å²) < 4.78 is 5.13. The highest BCUT2D eigenvalue weighted by Crippen LogP contribution is 2.22. The number of rotatable bonds is 5. The Hall–Kier alpha value is -1.80. The van der Waals surface area contributed by atoms with Gasteiger partial charge in [0.05, 0.1) is 13.2 Å². The maximum absolute atomic E-state index is 10.2. The lowest BCUT2D eigenvalue weighted by Gasteiger charge is -2.13. The average molecular weight is 256 g/mol. The highest BCUT2D eigenvalue weighted by atomic mass is 16.5. The molecule has 1 atom stereocenters. The molecule has 0 spiro atoms. The summed E-state index contributed by atoms with van der Waals surface area (Å²) >= 11 is 0. The highest BCUT2D eigenvalue weighted by molar-refractivity contribution is 5.29. The molecule has 0 saturated heterocycles. The van der Waals surface area contributed by atoms with Crippen molar-refractivity contribution in [3.8, 4) is 5.75 Å². The number of benzene rings is 2. The molecule has 0 aliphatic carbocycles. The van der Waals surface area contributed by atoms with E-state index in [4.69, 9.17) is 4.74 Å². The molecule has 100 valence electrons. The van der Waals surface area contributed by atoms with E-state index in [1.807, 2.05) is 55.5 Å². The summed E-state index contributed by atoms with van der Waals surface area (Å²) in [6.07, 6.45) is 1.19. The fourth-order valence-electron chi connectivity index (χ4n) is 2.21. The molecule has 0 bridgehead atoms. The maximum Gasteiger partial charge on any atom is 0.118 e. The Bertz CT molecular complexity index is 517. The number of aryl methyl sites for hydroxylation is 2. The Morgan fingerprint density at radius 1 is 1.05 bits per heavy atom. The Morgan fingerprint density at radius 2 is 1.74 bits per heavy atom. The van der Waals surface area contributed by atoms with Crippen molar-refractivity contribution in [1.29, 1.82) is 0 Å². The van der Waals surface area contributed by atoms with Crippen LogP contribution in [0.4, 0.5) is 0 Å². The van der Waals surface area contributed by atoms with E-state index < -0.39 is 6.10 Å². The predicted molar refractivity (Wildman–Crippen MR) is 77.5 cm³/mol. The molecule has 0 aliphatic heterocycles. The van der Waals surface area contributed by atoms with E-state index in [-0.39, 0.29) is 0 Å². The van der Waals surface area contributed by atoms with E-state index in [0.717, 1.165) is 29.7 Å². The molecule has 0 aromatic heterocycles. The van der Waals surface area contributed by atoms with E-state index in [9.17, 15) is 5.11 Å². The third kappa shape index (κ3) is 3.58. The Morgan fingerprint density at radius 3 is 2.37 bits per heavy atom.